The van der Waals surface area contributed by atoms with Crippen LogP contribution < -0.4 is 5.32 Å². The summed E-state index contributed by atoms with van der Waals surface area (Å²) in [6, 6.07) is 4.18. The molecule has 108 valence electrons. The molecule has 0 spiro atoms. The van der Waals surface area contributed by atoms with Crippen LogP contribution in [0.3, 0.4) is 0 Å². The third kappa shape index (κ3) is 3.45. The van der Waals surface area contributed by atoms with E-state index in [0.717, 1.165) is 36.6 Å². The zero-order valence-corrected chi connectivity index (χ0v) is 12.8. The Bertz CT molecular complexity index is 557. The van der Waals surface area contributed by atoms with Gasteiger partial charge in [-0.2, -0.15) is 5.10 Å². The minimum atomic E-state index is 0.445. The first-order valence-corrected chi connectivity index (χ1v) is 7.34. The molecular formula is C16H24N4. The smallest absolute Gasteiger partial charge is 0.0724 e. The van der Waals surface area contributed by atoms with Gasteiger partial charge in [-0.05, 0) is 37.9 Å². The van der Waals surface area contributed by atoms with E-state index in [0.29, 0.717) is 5.92 Å². The van der Waals surface area contributed by atoms with Crippen molar-refractivity contribution in [3.63, 3.8) is 0 Å². The van der Waals surface area contributed by atoms with Crippen LogP contribution in [-0.4, -0.2) is 21.3 Å². The van der Waals surface area contributed by atoms with E-state index in [2.05, 4.69) is 48.3 Å². The van der Waals surface area contributed by atoms with Crippen molar-refractivity contribution in [3.8, 4) is 5.69 Å². The molecule has 0 fully saturated rings. The number of nitrogens with zero attached hydrogens (tertiary/aromatic N) is 3. The summed E-state index contributed by atoms with van der Waals surface area (Å²) in [4.78, 5) is 4.40. The van der Waals surface area contributed by atoms with Crippen molar-refractivity contribution in [1.29, 1.82) is 0 Å². The number of aromatic nitrogens is 3. The van der Waals surface area contributed by atoms with Crippen LogP contribution >= 0.6 is 0 Å². The number of rotatable bonds is 6. The maximum Gasteiger partial charge on any atom is 0.0724 e. The van der Waals surface area contributed by atoms with Crippen molar-refractivity contribution in [2.24, 2.45) is 0 Å². The minimum Gasteiger partial charge on any atom is -0.313 e. The summed E-state index contributed by atoms with van der Waals surface area (Å²) in [5.74, 6) is 0.445. The second-order valence-corrected chi connectivity index (χ2v) is 5.47. The van der Waals surface area contributed by atoms with Crippen LogP contribution in [-0.2, 0) is 6.54 Å². The molecular weight excluding hydrogens is 248 g/mol. The molecule has 2 aromatic rings. The largest absolute Gasteiger partial charge is 0.313 e. The lowest BCUT2D eigenvalue weighted by Crippen LogP contribution is -2.16. The zero-order chi connectivity index (χ0) is 14.5. The van der Waals surface area contributed by atoms with Gasteiger partial charge in [-0.3, -0.25) is 4.98 Å². The first kappa shape index (κ1) is 14.7. The number of nitrogens with one attached hydrogen (secondary N) is 1. The SMILES string of the molecule is CCCNCc1cnc(C)cc1-n1ccc(C(C)C)n1. The van der Waals surface area contributed by atoms with Gasteiger partial charge in [-0.1, -0.05) is 20.8 Å². The highest BCUT2D eigenvalue weighted by Crippen LogP contribution is 2.17. The molecule has 0 bridgehead atoms. The average Bonchev–Trinajstić information content (AvgIpc) is 2.90. The number of aryl methyl sites for hydroxylation is 1. The molecule has 2 rings (SSSR count). The normalized spacial score (nSPS) is 11.2. The predicted molar refractivity (Wildman–Crippen MR) is 82.2 cm³/mol. The summed E-state index contributed by atoms with van der Waals surface area (Å²) >= 11 is 0. The highest BCUT2D eigenvalue weighted by atomic mass is 15.3. The lowest BCUT2D eigenvalue weighted by molar-refractivity contribution is 0.666. The highest BCUT2D eigenvalue weighted by molar-refractivity contribution is 5.40. The fourth-order valence-corrected chi connectivity index (χ4v) is 2.10. The minimum absolute atomic E-state index is 0.445. The molecule has 0 amide bonds. The molecule has 4 heteroatoms. The Balaban J connectivity index is 2.29. The van der Waals surface area contributed by atoms with Gasteiger partial charge in [0, 0.05) is 30.2 Å². The molecule has 4 nitrogen and oxygen atoms in total. The van der Waals surface area contributed by atoms with Crippen molar-refractivity contribution < 1.29 is 0 Å². The van der Waals surface area contributed by atoms with Crippen LogP contribution in [0.2, 0.25) is 0 Å². The van der Waals surface area contributed by atoms with E-state index in [4.69, 9.17) is 0 Å². The average molecular weight is 272 g/mol. The number of hydrogen-bond donors (Lipinski definition) is 1. The van der Waals surface area contributed by atoms with Crippen LogP contribution in [0, 0.1) is 6.92 Å². The van der Waals surface area contributed by atoms with Crippen LogP contribution in [0.5, 0.6) is 0 Å². The predicted octanol–water partition coefficient (Wildman–Crippen LogP) is 3.20. The number of pyridine rings is 1. The second kappa shape index (κ2) is 6.66. The molecule has 20 heavy (non-hydrogen) atoms. The fraction of sp³-hybridized carbons (Fsp3) is 0.500. The molecule has 0 radical (unpaired) electrons. The molecule has 2 heterocycles. The molecule has 0 aromatic carbocycles. The van der Waals surface area contributed by atoms with Gasteiger partial charge in [0.15, 0.2) is 0 Å². The molecule has 0 aliphatic rings. The summed E-state index contributed by atoms with van der Waals surface area (Å²) in [5.41, 5.74) is 4.43. The maximum atomic E-state index is 4.67. The van der Waals surface area contributed by atoms with Crippen molar-refractivity contribution in [2.75, 3.05) is 6.54 Å². The van der Waals surface area contributed by atoms with Gasteiger partial charge < -0.3 is 5.32 Å². The van der Waals surface area contributed by atoms with Crippen molar-refractivity contribution in [1.82, 2.24) is 20.1 Å². The lowest BCUT2D eigenvalue weighted by atomic mass is 10.1. The summed E-state index contributed by atoms with van der Waals surface area (Å²) in [7, 11) is 0. The maximum absolute atomic E-state index is 4.67. The van der Waals surface area contributed by atoms with Gasteiger partial charge in [0.05, 0.1) is 11.4 Å². The van der Waals surface area contributed by atoms with Gasteiger partial charge in [0.25, 0.3) is 0 Å². The van der Waals surface area contributed by atoms with Gasteiger partial charge in [0.1, 0.15) is 0 Å². The topological polar surface area (TPSA) is 42.7 Å². The summed E-state index contributed by atoms with van der Waals surface area (Å²) < 4.78 is 1.97. The standard InChI is InChI=1S/C16H24N4/c1-5-7-17-10-14-11-18-13(4)9-16(14)20-8-6-15(19-20)12(2)3/h6,8-9,11-12,17H,5,7,10H2,1-4H3. The van der Waals surface area contributed by atoms with Crippen LogP contribution in [0.1, 0.15) is 50.1 Å². The summed E-state index contributed by atoms with van der Waals surface area (Å²) in [5, 5.41) is 8.10. The van der Waals surface area contributed by atoms with Gasteiger partial charge in [0.2, 0.25) is 0 Å². The molecule has 0 atom stereocenters. The van der Waals surface area contributed by atoms with E-state index in [9.17, 15) is 0 Å². The molecule has 0 aliphatic heterocycles. The van der Waals surface area contributed by atoms with Crippen molar-refractivity contribution >= 4 is 0 Å². The zero-order valence-electron chi connectivity index (χ0n) is 12.8. The molecule has 0 saturated heterocycles. The van der Waals surface area contributed by atoms with Crippen molar-refractivity contribution in [3.05, 3.63) is 41.5 Å². The van der Waals surface area contributed by atoms with E-state index in [1.165, 1.54) is 5.56 Å². The third-order valence-corrected chi connectivity index (χ3v) is 3.29. The highest BCUT2D eigenvalue weighted by Gasteiger charge is 2.09. The molecule has 0 saturated carbocycles. The second-order valence-electron chi connectivity index (χ2n) is 5.47. The van der Waals surface area contributed by atoms with Crippen LogP contribution in [0.15, 0.2) is 24.5 Å². The van der Waals surface area contributed by atoms with E-state index >= 15 is 0 Å². The Labute approximate surface area is 121 Å². The fourth-order valence-electron chi connectivity index (χ4n) is 2.10. The van der Waals surface area contributed by atoms with Crippen LogP contribution in [0.4, 0.5) is 0 Å². The Morgan fingerprint density at radius 2 is 2.15 bits per heavy atom. The lowest BCUT2D eigenvalue weighted by Gasteiger charge is -2.11. The molecule has 0 unspecified atom stereocenters. The monoisotopic (exact) mass is 272 g/mol. The summed E-state index contributed by atoms with van der Waals surface area (Å²) in [6.45, 7) is 10.3. The van der Waals surface area contributed by atoms with Gasteiger partial charge in [-0.15, -0.1) is 0 Å². The molecule has 1 N–H and O–H groups in total. The van der Waals surface area contributed by atoms with Crippen molar-refractivity contribution in [2.45, 2.75) is 46.6 Å². The van der Waals surface area contributed by atoms with Crippen LogP contribution in [0.25, 0.3) is 5.69 Å². The van der Waals surface area contributed by atoms with E-state index in [1.54, 1.807) is 0 Å². The third-order valence-electron chi connectivity index (χ3n) is 3.29. The first-order chi connectivity index (χ1) is 9.61. The molecule has 0 aliphatic carbocycles. The summed E-state index contributed by atoms with van der Waals surface area (Å²) in [6.07, 6.45) is 5.12. The Kier molecular flexibility index (Phi) is 4.90. The first-order valence-electron chi connectivity index (χ1n) is 7.34. The number of hydrogen-bond acceptors (Lipinski definition) is 3. The van der Waals surface area contributed by atoms with E-state index in [1.807, 2.05) is 24.0 Å². The van der Waals surface area contributed by atoms with E-state index < -0.39 is 0 Å². The van der Waals surface area contributed by atoms with Gasteiger partial charge >= 0.3 is 0 Å². The Hall–Kier alpha value is -1.68. The van der Waals surface area contributed by atoms with Gasteiger partial charge in [-0.25, -0.2) is 4.68 Å². The van der Waals surface area contributed by atoms with E-state index in [-0.39, 0.29) is 0 Å². The Morgan fingerprint density at radius 1 is 1.35 bits per heavy atom. The quantitative estimate of drug-likeness (QED) is 0.821. The molecule has 2 aromatic heterocycles. The Morgan fingerprint density at radius 3 is 2.80 bits per heavy atom.